The van der Waals surface area contributed by atoms with Crippen molar-refractivity contribution in [1.29, 1.82) is 0 Å². The van der Waals surface area contributed by atoms with Crippen LogP contribution in [0.15, 0.2) is 30.5 Å². The lowest BCUT2D eigenvalue weighted by molar-refractivity contribution is -0.0328. The Balaban J connectivity index is 2.08. The van der Waals surface area contributed by atoms with E-state index in [2.05, 4.69) is 11.4 Å². The normalized spacial score (nSPS) is 12.2. The molecule has 2 aromatic rings. The number of thioether (sulfide) groups is 1. The second kappa shape index (κ2) is 5.88. The van der Waals surface area contributed by atoms with Crippen LogP contribution in [0.3, 0.4) is 0 Å². The number of aryl methyl sites for hydroxylation is 1. The zero-order valence-corrected chi connectivity index (χ0v) is 11.3. The monoisotopic (exact) mass is 288 g/mol. The maximum absolute atomic E-state index is 12.1. The summed E-state index contributed by atoms with van der Waals surface area (Å²) in [4.78, 5) is 0. The van der Waals surface area contributed by atoms with Gasteiger partial charge in [-0.05, 0) is 48.0 Å². The molecule has 1 N–H and O–H groups in total. The van der Waals surface area contributed by atoms with Crippen molar-refractivity contribution in [3.8, 4) is 0 Å². The molecule has 1 heterocycles. The van der Waals surface area contributed by atoms with Gasteiger partial charge in [0.15, 0.2) is 0 Å². The van der Waals surface area contributed by atoms with Crippen LogP contribution in [-0.2, 0) is 13.1 Å². The number of hydrogen-bond donors (Lipinski definition) is 1. The molecule has 0 unspecified atom stereocenters. The lowest BCUT2D eigenvalue weighted by atomic mass is 10.1. The number of nitrogens with zero attached hydrogens (tertiary/aromatic N) is 1. The minimum Gasteiger partial charge on any atom is -0.347 e. The quantitative estimate of drug-likeness (QED) is 0.905. The molecular formula is C13H15F3N2S. The average molecular weight is 288 g/mol. The molecule has 0 aliphatic rings. The van der Waals surface area contributed by atoms with Crippen LogP contribution >= 0.6 is 11.8 Å². The van der Waals surface area contributed by atoms with Gasteiger partial charge in [-0.25, -0.2) is 0 Å². The van der Waals surface area contributed by atoms with Crippen molar-refractivity contribution in [2.45, 2.75) is 18.6 Å². The molecule has 0 aliphatic heterocycles. The predicted octanol–water partition coefficient (Wildman–Crippen LogP) is 3.61. The van der Waals surface area contributed by atoms with Gasteiger partial charge in [0, 0.05) is 30.6 Å². The van der Waals surface area contributed by atoms with E-state index < -0.39 is 5.51 Å². The maximum Gasteiger partial charge on any atom is 0.441 e. The molecule has 2 nitrogen and oxygen atoms in total. The Morgan fingerprint density at radius 3 is 2.74 bits per heavy atom. The summed E-state index contributed by atoms with van der Waals surface area (Å²) >= 11 is 0.0208. The SMILES string of the molecule is CNCc1ccc2c(ccn2CCSC(F)(F)F)c1. The first-order valence-electron chi connectivity index (χ1n) is 5.92. The van der Waals surface area contributed by atoms with Crippen LogP contribution in [-0.4, -0.2) is 22.9 Å². The van der Waals surface area contributed by atoms with Crippen LogP contribution in [0.5, 0.6) is 0 Å². The molecule has 0 bridgehead atoms. The van der Waals surface area contributed by atoms with Crippen molar-refractivity contribution in [3.63, 3.8) is 0 Å². The predicted molar refractivity (Wildman–Crippen MR) is 73.2 cm³/mol. The Labute approximate surface area is 114 Å². The van der Waals surface area contributed by atoms with Gasteiger partial charge in [-0.3, -0.25) is 0 Å². The second-order valence-electron chi connectivity index (χ2n) is 4.23. The summed E-state index contributed by atoms with van der Waals surface area (Å²) < 4.78 is 38.1. The Morgan fingerprint density at radius 1 is 1.26 bits per heavy atom. The highest BCUT2D eigenvalue weighted by Crippen LogP contribution is 2.30. The highest BCUT2D eigenvalue weighted by molar-refractivity contribution is 8.00. The van der Waals surface area contributed by atoms with Crippen LogP contribution < -0.4 is 5.32 Å². The molecule has 0 fully saturated rings. The molecule has 0 spiro atoms. The Kier molecular flexibility index (Phi) is 4.42. The minimum absolute atomic E-state index is 0.0208. The zero-order chi connectivity index (χ0) is 13.9. The second-order valence-corrected chi connectivity index (χ2v) is 5.39. The average Bonchev–Trinajstić information content (AvgIpc) is 2.71. The van der Waals surface area contributed by atoms with Gasteiger partial charge in [-0.2, -0.15) is 13.2 Å². The molecule has 6 heteroatoms. The fourth-order valence-electron chi connectivity index (χ4n) is 2.02. The number of nitrogens with one attached hydrogen (secondary N) is 1. The Hall–Kier alpha value is -1.14. The summed E-state index contributed by atoms with van der Waals surface area (Å²) in [5.41, 5.74) is -2.01. The van der Waals surface area contributed by atoms with Gasteiger partial charge in [-0.15, -0.1) is 0 Å². The van der Waals surface area contributed by atoms with Crippen molar-refractivity contribution in [1.82, 2.24) is 9.88 Å². The summed E-state index contributed by atoms with van der Waals surface area (Å²) in [5.74, 6) is 0.0333. The van der Waals surface area contributed by atoms with E-state index in [1.807, 2.05) is 36.0 Å². The van der Waals surface area contributed by atoms with E-state index in [4.69, 9.17) is 0 Å². The molecule has 0 saturated heterocycles. The number of aromatic nitrogens is 1. The summed E-state index contributed by atoms with van der Waals surface area (Å²) in [6.07, 6.45) is 1.84. The van der Waals surface area contributed by atoms with E-state index in [1.165, 1.54) is 0 Å². The summed E-state index contributed by atoms with van der Waals surface area (Å²) in [7, 11) is 1.88. The molecule has 1 aromatic carbocycles. The standard InChI is InChI=1S/C13H15F3N2S/c1-17-9-10-2-3-12-11(8-10)4-5-18(12)6-7-19-13(14,15)16/h2-5,8,17H,6-7,9H2,1H3. The van der Waals surface area contributed by atoms with Crippen molar-refractivity contribution in [2.24, 2.45) is 0 Å². The summed E-state index contributed by atoms with van der Waals surface area (Å²) in [5, 5.41) is 4.13. The lowest BCUT2D eigenvalue weighted by Crippen LogP contribution is -2.06. The molecule has 0 amide bonds. The number of benzene rings is 1. The molecule has 1 aromatic heterocycles. The van der Waals surface area contributed by atoms with Crippen molar-refractivity contribution in [3.05, 3.63) is 36.0 Å². The first-order chi connectivity index (χ1) is 8.99. The van der Waals surface area contributed by atoms with Crippen molar-refractivity contribution < 1.29 is 13.2 Å². The number of rotatable bonds is 5. The van der Waals surface area contributed by atoms with E-state index in [-0.39, 0.29) is 17.5 Å². The van der Waals surface area contributed by atoms with E-state index in [0.717, 1.165) is 23.0 Å². The lowest BCUT2D eigenvalue weighted by Gasteiger charge is -2.08. The molecule has 0 atom stereocenters. The van der Waals surface area contributed by atoms with E-state index in [9.17, 15) is 13.2 Å². The maximum atomic E-state index is 12.1. The smallest absolute Gasteiger partial charge is 0.347 e. The highest BCUT2D eigenvalue weighted by atomic mass is 32.2. The molecule has 0 aliphatic carbocycles. The largest absolute Gasteiger partial charge is 0.441 e. The third kappa shape index (κ3) is 3.91. The minimum atomic E-state index is -4.15. The van der Waals surface area contributed by atoms with Crippen LogP contribution in [0.25, 0.3) is 10.9 Å². The molecule has 2 rings (SSSR count). The highest BCUT2D eigenvalue weighted by Gasteiger charge is 2.27. The fraction of sp³-hybridized carbons (Fsp3) is 0.385. The zero-order valence-electron chi connectivity index (χ0n) is 10.5. The topological polar surface area (TPSA) is 17.0 Å². The number of alkyl halides is 3. The fourth-order valence-corrected chi connectivity index (χ4v) is 2.54. The Morgan fingerprint density at radius 2 is 2.05 bits per heavy atom. The van der Waals surface area contributed by atoms with Gasteiger partial charge in [-0.1, -0.05) is 6.07 Å². The summed E-state index contributed by atoms with van der Waals surface area (Å²) in [6, 6.07) is 7.94. The van der Waals surface area contributed by atoms with Gasteiger partial charge < -0.3 is 9.88 Å². The van der Waals surface area contributed by atoms with Gasteiger partial charge in [0.25, 0.3) is 0 Å². The number of halogens is 3. The van der Waals surface area contributed by atoms with Crippen LogP contribution in [0.4, 0.5) is 13.2 Å². The van der Waals surface area contributed by atoms with Crippen LogP contribution in [0.2, 0.25) is 0 Å². The van der Waals surface area contributed by atoms with Gasteiger partial charge in [0.1, 0.15) is 0 Å². The third-order valence-corrected chi connectivity index (χ3v) is 3.53. The van der Waals surface area contributed by atoms with Crippen LogP contribution in [0.1, 0.15) is 5.56 Å². The van der Waals surface area contributed by atoms with Gasteiger partial charge >= 0.3 is 5.51 Å². The van der Waals surface area contributed by atoms with Crippen molar-refractivity contribution in [2.75, 3.05) is 12.8 Å². The van der Waals surface area contributed by atoms with Crippen LogP contribution in [0, 0.1) is 0 Å². The Bertz CT molecular complexity index is 548. The first-order valence-corrected chi connectivity index (χ1v) is 6.91. The third-order valence-electron chi connectivity index (χ3n) is 2.81. The summed E-state index contributed by atoms with van der Waals surface area (Å²) in [6.45, 7) is 1.14. The number of hydrogen-bond acceptors (Lipinski definition) is 2. The van der Waals surface area contributed by atoms with E-state index >= 15 is 0 Å². The molecule has 0 radical (unpaired) electrons. The van der Waals surface area contributed by atoms with Gasteiger partial charge in [0.2, 0.25) is 0 Å². The molecular weight excluding hydrogens is 273 g/mol. The molecule has 0 saturated carbocycles. The van der Waals surface area contributed by atoms with Gasteiger partial charge in [0.05, 0.1) is 0 Å². The van der Waals surface area contributed by atoms with E-state index in [0.29, 0.717) is 6.54 Å². The first kappa shape index (κ1) is 14.3. The van der Waals surface area contributed by atoms with Crippen molar-refractivity contribution >= 4 is 22.7 Å². The number of fused-ring (bicyclic) bond motifs is 1. The molecule has 104 valence electrons. The molecule has 19 heavy (non-hydrogen) atoms. The van der Waals surface area contributed by atoms with E-state index in [1.54, 1.807) is 0 Å².